The van der Waals surface area contributed by atoms with Crippen molar-refractivity contribution in [1.29, 1.82) is 0 Å². The monoisotopic (exact) mass is 258 g/mol. The lowest BCUT2D eigenvalue weighted by atomic mass is 9.90. The van der Waals surface area contributed by atoms with Crippen molar-refractivity contribution >= 4 is 29.1 Å². The summed E-state index contributed by atoms with van der Waals surface area (Å²) in [6, 6.07) is 2.05. The van der Waals surface area contributed by atoms with Crippen LogP contribution < -0.4 is 0 Å². The highest BCUT2D eigenvalue weighted by Crippen LogP contribution is 2.30. The van der Waals surface area contributed by atoms with Gasteiger partial charge in [0.05, 0.1) is 0 Å². The van der Waals surface area contributed by atoms with Crippen LogP contribution in [0.2, 0.25) is 0 Å². The molecule has 2 nitrogen and oxygen atoms in total. The molecule has 1 rings (SSSR count). The average Bonchev–Trinajstić information content (AvgIpc) is 2.62. The summed E-state index contributed by atoms with van der Waals surface area (Å²) < 4.78 is 0. The van der Waals surface area contributed by atoms with Crippen LogP contribution in [0.1, 0.15) is 32.8 Å². The number of hydrogen-bond acceptors (Lipinski definition) is 3. The Morgan fingerprint density at radius 2 is 2.25 bits per heavy atom. The van der Waals surface area contributed by atoms with E-state index in [9.17, 15) is 4.79 Å². The Bertz CT molecular complexity index is 325. The highest BCUT2D eigenvalue weighted by Gasteiger charge is 2.24. The smallest absolute Gasteiger partial charge is 0.316 e. The van der Waals surface area contributed by atoms with E-state index in [2.05, 4.69) is 26.2 Å². The van der Waals surface area contributed by atoms with Crippen molar-refractivity contribution in [2.45, 2.75) is 38.2 Å². The fourth-order valence-corrected chi connectivity index (χ4v) is 3.45. The van der Waals surface area contributed by atoms with Crippen LogP contribution in [0, 0.1) is 5.41 Å². The van der Waals surface area contributed by atoms with Gasteiger partial charge in [0.2, 0.25) is 0 Å². The molecule has 0 aliphatic heterocycles. The summed E-state index contributed by atoms with van der Waals surface area (Å²) in [6.07, 6.45) is 0.705. The van der Waals surface area contributed by atoms with Gasteiger partial charge >= 0.3 is 5.97 Å². The molecule has 1 aromatic heterocycles. The van der Waals surface area contributed by atoms with Crippen LogP contribution >= 0.6 is 23.1 Å². The molecule has 4 heteroatoms. The fourth-order valence-electron chi connectivity index (χ4n) is 1.35. The second-order valence-corrected chi connectivity index (χ2v) is 7.01. The molecule has 0 amide bonds. The molecule has 0 fully saturated rings. The van der Waals surface area contributed by atoms with E-state index >= 15 is 0 Å². The summed E-state index contributed by atoms with van der Waals surface area (Å²) in [5.41, 5.74) is 1.28. The van der Waals surface area contributed by atoms with Crippen LogP contribution in [0.25, 0.3) is 0 Å². The first-order chi connectivity index (χ1) is 7.38. The number of thiophene rings is 1. The minimum absolute atomic E-state index is 0.0602. The minimum Gasteiger partial charge on any atom is -0.480 e. The van der Waals surface area contributed by atoms with Crippen molar-refractivity contribution < 1.29 is 9.90 Å². The largest absolute Gasteiger partial charge is 0.480 e. The lowest BCUT2D eigenvalue weighted by molar-refractivity contribution is -0.136. The van der Waals surface area contributed by atoms with Gasteiger partial charge in [-0.2, -0.15) is 11.3 Å². The standard InChI is InChI=1S/C12H18O2S2/c1-12(2,3)6-10(11(13)14)16-8-9-4-5-15-7-9/h4-5,7,10H,6,8H2,1-3H3,(H,13,14). The first kappa shape index (κ1) is 13.6. The van der Waals surface area contributed by atoms with E-state index in [4.69, 9.17) is 5.11 Å². The number of thioether (sulfide) groups is 1. The quantitative estimate of drug-likeness (QED) is 0.871. The third-order valence-electron chi connectivity index (χ3n) is 2.10. The summed E-state index contributed by atoms with van der Waals surface area (Å²) in [6.45, 7) is 6.23. The molecule has 0 radical (unpaired) electrons. The van der Waals surface area contributed by atoms with Crippen molar-refractivity contribution in [1.82, 2.24) is 0 Å². The normalized spacial score (nSPS) is 13.7. The molecule has 1 heterocycles. The van der Waals surface area contributed by atoms with Crippen molar-refractivity contribution in [3.63, 3.8) is 0 Å². The molecule has 0 aromatic carbocycles. The molecule has 1 unspecified atom stereocenters. The highest BCUT2D eigenvalue weighted by atomic mass is 32.2. The minimum atomic E-state index is -0.699. The molecular weight excluding hydrogens is 240 g/mol. The molecule has 0 aliphatic rings. The van der Waals surface area contributed by atoms with Gasteiger partial charge in [-0.3, -0.25) is 4.79 Å². The maximum absolute atomic E-state index is 11.1. The fraction of sp³-hybridized carbons (Fsp3) is 0.583. The second kappa shape index (κ2) is 5.73. The lowest BCUT2D eigenvalue weighted by Gasteiger charge is -2.22. The summed E-state index contributed by atoms with van der Waals surface area (Å²) >= 11 is 3.17. The first-order valence-corrected chi connectivity index (χ1v) is 7.23. The third-order valence-corrected chi connectivity index (χ3v) is 4.11. The molecule has 90 valence electrons. The van der Waals surface area contributed by atoms with Crippen molar-refractivity contribution in [2.75, 3.05) is 0 Å². The van der Waals surface area contributed by atoms with Crippen LogP contribution in [-0.2, 0) is 10.5 Å². The Kier molecular flexibility index (Phi) is 4.87. The van der Waals surface area contributed by atoms with Crippen LogP contribution in [0.15, 0.2) is 16.8 Å². The van der Waals surface area contributed by atoms with E-state index in [1.807, 2.05) is 11.4 Å². The van der Waals surface area contributed by atoms with E-state index in [-0.39, 0.29) is 10.7 Å². The van der Waals surface area contributed by atoms with Crippen molar-refractivity contribution in [3.05, 3.63) is 22.4 Å². The van der Waals surface area contributed by atoms with Crippen molar-refractivity contribution in [2.24, 2.45) is 5.41 Å². The lowest BCUT2D eigenvalue weighted by Crippen LogP contribution is -2.23. The molecule has 0 saturated heterocycles. The summed E-state index contributed by atoms with van der Waals surface area (Å²) in [5, 5.41) is 12.9. The number of rotatable bonds is 5. The third kappa shape index (κ3) is 5.03. The highest BCUT2D eigenvalue weighted by molar-refractivity contribution is 7.99. The molecule has 0 aliphatic carbocycles. The van der Waals surface area contributed by atoms with Crippen LogP contribution in [-0.4, -0.2) is 16.3 Å². The van der Waals surface area contributed by atoms with Gasteiger partial charge in [-0.1, -0.05) is 20.8 Å². The first-order valence-electron chi connectivity index (χ1n) is 5.24. The Balaban J connectivity index is 2.49. The van der Waals surface area contributed by atoms with Gasteiger partial charge in [-0.25, -0.2) is 0 Å². The van der Waals surface area contributed by atoms with Crippen molar-refractivity contribution in [3.8, 4) is 0 Å². The van der Waals surface area contributed by atoms with Gasteiger partial charge in [0.25, 0.3) is 0 Å². The molecular formula is C12H18O2S2. The molecule has 16 heavy (non-hydrogen) atoms. The zero-order valence-corrected chi connectivity index (χ0v) is 11.5. The summed E-state index contributed by atoms with van der Waals surface area (Å²) in [5.74, 6) is 0.0893. The molecule has 1 aromatic rings. The summed E-state index contributed by atoms with van der Waals surface area (Å²) in [7, 11) is 0. The Morgan fingerprint density at radius 3 is 2.69 bits per heavy atom. The zero-order valence-electron chi connectivity index (χ0n) is 9.90. The molecule has 1 atom stereocenters. The summed E-state index contributed by atoms with van der Waals surface area (Å²) in [4.78, 5) is 11.1. The maximum Gasteiger partial charge on any atom is 0.316 e. The van der Waals surface area contributed by atoms with Gasteiger partial charge in [0, 0.05) is 5.75 Å². The molecule has 1 N–H and O–H groups in total. The molecule has 0 saturated carbocycles. The number of carboxylic acids is 1. The predicted molar refractivity (Wildman–Crippen MR) is 71.1 cm³/mol. The predicted octanol–water partition coefficient (Wildman–Crippen LogP) is 3.87. The molecule has 0 spiro atoms. The Hall–Kier alpha value is -0.480. The van der Waals surface area contributed by atoms with Gasteiger partial charge < -0.3 is 5.11 Å². The Morgan fingerprint density at radius 1 is 1.56 bits per heavy atom. The SMILES string of the molecule is CC(C)(C)CC(SCc1ccsc1)C(=O)O. The van der Waals surface area contributed by atoms with Gasteiger partial charge in [0.15, 0.2) is 0 Å². The number of aliphatic carboxylic acids is 1. The van der Waals surface area contributed by atoms with Crippen LogP contribution in [0.3, 0.4) is 0 Å². The van der Waals surface area contributed by atoms with Gasteiger partial charge in [0.1, 0.15) is 5.25 Å². The van der Waals surface area contributed by atoms with Crippen LogP contribution in [0.5, 0.6) is 0 Å². The Labute approximate surface area is 105 Å². The van der Waals surface area contributed by atoms with E-state index in [0.717, 1.165) is 5.75 Å². The second-order valence-electron chi connectivity index (χ2n) is 5.03. The zero-order chi connectivity index (χ0) is 12.2. The van der Waals surface area contributed by atoms with E-state index in [1.54, 1.807) is 11.3 Å². The van der Waals surface area contributed by atoms with Gasteiger partial charge in [-0.15, -0.1) is 11.8 Å². The van der Waals surface area contributed by atoms with E-state index < -0.39 is 5.97 Å². The average molecular weight is 258 g/mol. The van der Waals surface area contributed by atoms with E-state index in [0.29, 0.717) is 6.42 Å². The number of carboxylic acid groups (broad SMARTS) is 1. The number of carbonyl (C=O) groups is 1. The maximum atomic E-state index is 11.1. The topological polar surface area (TPSA) is 37.3 Å². The van der Waals surface area contributed by atoms with E-state index in [1.165, 1.54) is 17.3 Å². The van der Waals surface area contributed by atoms with Gasteiger partial charge in [-0.05, 0) is 34.2 Å². The van der Waals surface area contributed by atoms with Crippen LogP contribution in [0.4, 0.5) is 0 Å². The number of hydrogen-bond donors (Lipinski definition) is 1. The molecule has 0 bridgehead atoms.